The molecule has 1 aromatic heterocycles. The zero-order valence-corrected chi connectivity index (χ0v) is 14.5. The molecule has 2 aromatic rings. The Morgan fingerprint density at radius 2 is 2.00 bits per heavy atom. The Bertz CT molecular complexity index is 714. The largest absolute Gasteiger partial charge is 0.496 e. The summed E-state index contributed by atoms with van der Waals surface area (Å²) >= 11 is 0. The second kappa shape index (κ2) is 8.46. The van der Waals surface area contributed by atoms with E-state index in [-0.39, 0.29) is 11.9 Å². The molecule has 0 aliphatic heterocycles. The molecule has 3 rings (SSSR count). The first-order valence-corrected chi connectivity index (χ1v) is 8.76. The normalized spacial score (nSPS) is 14.8. The van der Waals surface area contributed by atoms with E-state index in [0.29, 0.717) is 18.2 Å². The molecule has 0 saturated heterocycles. The topological polar surface area (TPSA) is 76.1 Å². The molecule has 6 nitrogen and oxygen atoms in total. The number of para-hydroxylation sites is 1. The molecule has 132 valence electrons. The Hall–Kier alpha value is -2.63. The highest BCUT2D eigenvalue weighted by molar-refractivity contribution is 5.92. The summed E-state index contributed by atoms with van der Waals surface area (Å²) in [6, 6.07) is 9.68. The van der Waals surface area contributed by atoms with Crippen LogP contribution in [-0.4, -0.2) is 29.0 Å². The van der Waals surface area contributed by atoms with Crippen molar-refractivity contribution >= 4 is 11.9 Å². The average Bonchev–Trinajstić information content (AvgIpc) is 2.67. The molecule has 1 aliphatic rings. The molecular formula is C19H24N4O2. The predicted molar refractivity (Wildman–Crippen MR) is 96.7 cm³/mol. The highest BCUT2D eigenvalue weighted by Crippen LogP contribution is 2.19. The lowest BCUT2D eigenvalue weighted by atomic mass is 9.95. The lowest BCUT2D eigenvalue weighted by Gasteiger charge is -2.22. The second-order valence-electron chi connectivity index (χ2n) is 6.24. The second-order valence-corrected chi connectivity index (χ2v) is 6.24. The first kappa shape index (κ1) is 17.2. The average molecular weight is 340 g/mol. The van der Waals surface area contributed by atoms with Gasteiger partial charge in [-0.15, -0.1) is 0 Å². The van der Waals surface area contributed by atoms with Gasteiger partial charge in [-0.05, 0) is 25.0 Å². The van der Waals surface area contributed by atoms with E-state index in [1.54, 1.807) is 19.4 Å². The van der Waals surface area contributed by atoms with Gasteiger partial charge in [-0.2, -0.15) is 0 Å². The van der Waals surface area contributed by atoms with Crippen molar-refractivity contribution in [3.8, 4) is 5.75 Å². The first-order chi connectivity index (χ1) is 12.3. The lowest BCUT2D eigenvalue weighted by Crippen LogP contribution is -2.36. The van der Waals surface area contributed by atoms with Gasteiger partial charge >= 0.3 is 0 Å². The zero-order chi connectivity index (χ0) is 17.5. The Morgan fingerprint density at radius 3 is 2.80 bits per heavy atom. The lowest BCUT2D eigenvalue weighted by molar-refractivity contribution is 0.0922. The van der Waals surface area contributed by atoms with Gasteiger partial charge < -0.3 is 15.4 Å². The van der Waals surface area contributed by atoms with Gasteiger partial charge in [0.25, 0.3) is 5.91 Å². The number of carbonyl (C=O) groups is 1. The van der Waals surface area contributed by atoms with Crippen molar-refractivity contribution in [3.63, 3.8) is 0 Å². The van der Waals surface area contributed by atoms with Gasteiger partial charge in [0.2, 0.25) is 5.95 Å². The number of hydrogen-bond acceptors (Lipinski definition) is 5. The number of methoxy groups -OCH3 is 1. The Labute approximate surface area is 148 Å². The van der Waals surface area contributed by atoms with Crippen LogP contribution in [0.1, 0.15) is 48.2 Å². The van der Waals surface area contributed by atoms with Gasteiger partial charge in [0.05, 0.1) is 7.11 Å². The summed E-state index contributed by atoms with van der Waals surface area (Å²) in [5.41, 5.74) is 1.40. The van der Waals surface area contributed by atoms with Crippen LogP contribution in [-0.2, 0) is 6.54 Å². The van der Waals surface area contributed by atoms with Gasteiger partial charge in [-0.1, -0.05) is 37.5 Å². The van der Waals surface area contributed by atoms with Crippen molar-refractivity contribution in [2.75, 3.05) is 12.4 Å². The third-order valence-corrected chi connectivity index (χ3v) is 4.46. The number of anilines is 1. The highest BCUT2D eigenvalue weighted by atomic mass is 16.5. The van der Waals surface area contributed by atoms with Crippen LogP contribution in [0.3, 0.4) is 0 Å². The van der Waals surface area contributed by atoms with Crippen molar-refractivity contribution in [3.05, 3.63) is 47.8 Å². The van der Waals surface area contributed by atoms with Gasteiger partial charge in [-0.25, -0.2) is 9.97 Å². The molecule has 1 amide bonds. The van der Waals surface area contributed by atoms with Crippen LogP contribution in [0.25, 0.3) is 0 Å². The van der Waals surface area contributed by atoms with E-state index < -0.39 is 0 Å². The van der Waals surface area contributed by atoms with E-state index in [4.69, 9.17) is 4.74 Å². The SMILES string of the molecule is COc1ccccc1CNc1nccc(C(=O)NC2CCCCC2)n1. The van der Waals surface area contributed by atoms with Crippen LogP contribution in [0.5, 0.6) is 5.75 Å². The van der Waals surface area contributed by atoms with E-state index in [1.807, 2.05) is 24.3 Å². The molecular weight excluding hydrogens is 316 g/mol. The first-order valence-electron chi connectivity index (χ1n) is 8.76. The highest BCUT2D eigenvalue weighted by Gasteiger charge is 2.17. The van der Waals surface area contributed by atoms with Crippen LogP contribution >= 0.6 is 0 Å². The third kappa shape index (κ3) is 4.68. The van der Waals surface area contributed by atoms with Crippen molar-refractivity contribution in [1.29, 1.82) is 0 Å². The van der Waals surface area contributed by atoms with Gasteiger partial charge in [0.15, 0.2) is 0 Å². The van der Waals surface area contributed by atoms with Crippen LogP contribution in [0.2, 0.25) is 0 Å². The van der Waals surface area contributed by atoms with Crippen LogP contribution < -0.4 is 15.4 Å². The maximum absolute atomic E-state index is 12.4. The summed E-state index contributed by atoms with van der Waals surface area (Å²) < 4.78 is 5.34. The van der Waals surface area contributed by atoms with Gasteiger partial charge in [0.1, 0.15) is 11.4 Å². The number of aromatic nitrogens is 2. The van der Waals surface area contributed by atoms with Crippen molar-refractivity contribution in [2.45, 2.75) is 44.7 Å². The number of carbonyl (C=O) groups excluding carboxylic acids is 1. The molecule has 0 bridgehead atoms. The third-order valence-electron chi connectivity index (χ3n) is 4.46. The summed E-state index contributed by atoms with van der Waals surface area (Å²) in [6.45, 7) is 0.526. The minimum Gasteiger partial charge on any atom is -0.496 e. The molecule has 0 unspecified atom stereocenters. The number of benzene rings is 1. The number of rotatable bonds is 6. The molecule has 1 aliphatic carbocycles. The Kier molecular flexibility index (Phi) is 5.82. The number of ether oxygens (including phenoxy) is 1. The molecule has 25 heavy (non-hydrogen) atoms. The fourth-order valence-electron chi connectivity index (χ4n) is 3.10. The molecule has 0 spiro atoms. The number of nitrogens with zero attached hydrogens (tertiary/aromatic N) is 2. The predicted octanol–water partition coefficient (Wildman–Crippen LogP) is 3.16. The van der Waals surface area contributed by atoms with E-state index in [1.165, 1.54) is 19.3 Å². The molecule has 1 aromatic carbocycles. The Balaban J connectivity index is 1.61. The summed E-state index contributed by atoms with van der Waals surface area (Å²) in [6.07, 6.45) is 7.33. The molecule has 1 fully saturated rings. The van der Waals surface area contributed by atoms with Crippen molar-refractivity contribution in [2.24, 2.45) is 0 Å². The minimum absolute atomic E-state index is 0.130. The quantitative estimate of drug-likeness (QED) is 0.845. The molecule has 2 N–H and O–H groups in total. The summed E-state index contributed by atoms with van der Waals surface area (Å²) in [5, 5.41) is 6.23. The number of hydrogen-bond donors (Lipinski definition) is 2. The maximum Gasteiger partial charge on any atom is 0.270 e. The van der Waals surface area contributed by atoms with Crippen LogP contribution in [0, 0.1) is 0 Å². The number of amides is 1. The van der Waals surface area contributed by atoms with Crippen molar-refractivity contribution in [1.82, 2.24) is 15.3 Å². The summed E-state index contributed by atoms with van der Waals surface area (Å²) in [5.74, 6) is 1.11. The van der Waals surface area contributed by atoms with Gasteiger partial charge in [-0.3, -0.25) is 4.79 Å². The van der Waals surface area contributed by atoms with E-state index in [9.17, 15) is 4.79 Å². The van der Waals surface area contributed by atoms with Crippen LogP contribution in [0.15, 0.2) is 36.5 Å². The molecule has 6 heteroatoms. The van der Waals surface area contributed by atoms with E-state index in [0.717, 1.165) is 24.2 Å². The Morgan fingerprint density at radius 1 is 1.20 bits per heavy atom. The minimum atomic E-state index is -0.130. The van der Waals surface area contributed by atoms with Gasteiger partial charge in [0, 0.05) is 24.3 Å². The van der Waals surface area contributed by atoms with E-state index in [2.05, 4.69) is 20.6 Å². The summed E-state index contributed by atoms with van der Waals surface area (Å²) in [7, 11) is 1.64. The fourth-order valence-corrected chi connectivity index (χ4v) is 3.10. The van der Waals surface area contributed by atoms with Crippen LogP contribution in [0.4, 0.5) is 5.95 Å². The smallest absolute Gasteiger partial charge is 0.270 e. The molecule has 0 radical (unpaired) electrons. The van der Waals surface area contributed by atoms with Crippen molar-refractivity contribution < 1.29 is 9.53 Å². The van der Waals surface area contributed by atoms with E-state index >= 15 is 0 Å². The number of nitrogens with one attached hydrogen (secondary N) is 2. The monoisotopic (exact) mass is 340 g/mol. The molecule has 0 atom stereocenters. The zero-order valence-electron chi connectivity index (χ0n) is 14.5. The standard InChI is InChI=1S/C19H24N4O2/c1-25-17-10-6-5-7-14(17)13-21-19-20-12-11-16(23-19)18(24)22-15-8-3-2-4-9-15/h5-7,10-12,15H,2-4,8-9,13H2,1H3,(H,22,24)(H,20,21,23). The maximum atomic E-state index is 12.4. The molecule has 1 saturated carbocycles. The molecule has 1 heterocycles. The summed E-state index contributed by atoms with van der Waals surface area (Å²) in [4.78, 5) is 20.9. The fraction of sp³-hybridized carbons (Fsp3) is 0.421.